The first-order valence-electron chi connectivity index (χ1n) is 9.07. The van der Waals surface area contributed by atoms with Crippen LogP contribution in [0.5, 0.6) is 5.75 Å². The number of piperidine rings is 1. The van der Waals surface area contributed by atoms with Crippen LogP contribution in [0.1, 0.15) is 35.2 Å². The van der Waals surface area contributed by atoms with Gasteiger partial charge in [-0.15, -0.1) is 0 Å². The summed E-state index contributed by atoms with van der Waals surface area (Å²) in [6.07, 6.45) is 4.18. The highest BCUT2D eigenvalue weighted by molar-refractivity contribution is 5.94. The normalized spacial score (nSPS) is 18.5. The molecular formula is C21H26N2O2. The number of rotatable bonds is 6. The third-order valence-electron chi connectivity index (χ3n) is 4.94. The van der Waals surface area contributed by atoms with E-state index >= 15 is 0 Å². The Balaban J connectivity index is 1.66. The van der Waals surface area contributed by atoms with E-state index in [9.17, 15) is 9.90 Å². The number of carbonyl (C=O) groups excluding carboxylic acids is 1. The molecule has 3 N–H and O–H groups in total. The number of carbonyl (C=O) groups is 1. The van der Waals surface area contributed by atoms with Crippen molar-refractivity contribution in [2.45, 2.75) is 31.7 Å². The van der Waals surface area contributed by atoms with E-state index in [2.05, 4.69) is 34.9 Å². The molecule has 2 aromatic carbocycles. The summed E-state index contributed by atoms with van der Waals surface area (Å²) in [5.74, 6) is 0.566. The van der Waals surface area contributed by atoms with Gasteiger partial charge in [0, 0.05) is 11.6 Å². The smallest absolute Gasteiger partial charge is 0.251 e. The second kappa shape index (κ2) is 8.67. The molecule has 2 aromatic rings. The lowest BCUT2D eigenvalue weighted by molar-refractivity contribution is 0.0912. The van der Waals surface area contributed by atoms with Gasteiger partial charge in [0.2, 0.25) is 0 Å². The zero-order valence-electron chi connectivity index (χ0n) is 14.4. The van der Waals surface area contributed by atoms with Gasteiger partial charge in [-0.3, -0.25) is 4.79 Å². The van der Waals surface area contributed by atoms with Crippen LogP contribution in [-0.4, -0.2) is 30.1 Å². The largest absolute Gasteiger partial charge is 0.508 e. The van der Waals surface area contributed by atoms with Crippen LogP contribution in [0.25, 0.3) is 0 Å². The highest BCUT2D eigenvalue weighted by Gasteiger charge is 2.25. The van der Waals surface area contributed by atoms with Crippen molar-refractivity contribution in [3.05, 3.63) is 65.7 Å². The molecule has 1 aliphatic heterocycles. The Morgan fingerprint density at radius 3 is 2.60 bits per heavy atom. The van der Waals surface area contributed by atoms with E-state index in [1.54, 1.807) is 24.3 Å². The van der Waals surface area contributed by atoms with Gasteiger partial charge in [0.1, 0.15) is 5.75 Å². The zero-order valence-corrected chi connectivity index (χ0v) is 14.4. The maximum Gasteiger partial charge on any atom is 0.251 e. The van der Waals surface area contributed by atoms with Crippen LogP contribution >= 0.6 is 0 Å². The van der Waals surface area contributed by atoms with Gasteiger partial charge in [-0.1, -0.05) is 30.3 Å². The maximum absolute atomic E-state index is 12.6. The third-order valence-corrected chi connectivity index (χ3v) is 4.94. The Kier molecular flexibility index (Phi) is 6.07. The van der Waals surface area contributed by atoms with Crippen molar-refractivity contribution in [3.8, 4) is 5.75 Å². The van der Waals surface area contributed by atoms with E-state index in [-0.39, 0.29) is 17.7 Å². The molecule has 0 bridgehead atoms. The summed E-state index contributed by atoms with van der Waals surface area (Å²) >= 11 is 0. The van der Waals surface area contributed by atoms with Crippen LogP contribution in [0.2, 0.25) is 0 Å². The van der Waals surface area contributed by atoms with Crippen molar-refractivity contribution in [2.75, 3.05) is 13.1 Å². The number of amides is 1. The highest BCUT2D eigenvalue weighted by atomic mass is 16.3. The number of benzene rings is 2. The molecule has 0 aliphatic carbocycles. The number of aromatic hydroxyl groups is 1. The number of hydrogen-bond donors (Lipinski definition) is 3. The lowest BCUT2D eigenvalue weighted by Crippen LogP contribution is -2.46. The van der Waals surface area contributed by atoms with Gasteiger partial charge in [0.25, 0.3) is 5.91 Å². The summed E-state index contributed by atoms with van der Waals surface area (Å²) in [5.41, 5.74) is 1.89. The lowest BCUT2D eigenvalue weighted by Gasteiger charge is -2.31. The van der Waals surface area contributed by atoms with Crippen molar-refractivity contribution in [3.63, 3.8) is 0 Å². The molecule has 1 saturated heterocycles. The average Bonchev–Trinajstić information content (AvgIpc) is 2.67. The predicted octanol–water partition coefficient (Wildman–Crippen LogP) is 3.12. The molecule has 0 aromatic heterocycles. The second-order valence-electron chi connectivity index (χ2n) is 6.76. The molecule has 4 heteroatoms. The predicted molar refractivity (Wildman–Crippen MR) is 99.7 cm³/mol. The summed E-state index contributed by atoms with van der Waals surface area (Å²) in [4.78, 5) is 12.6. The Bertz CT molecular complexity index is 664. The minimum Gasteiger partial charge on any atom is -0.508 e. The van der Waals surface area contributed by atoms with Crippen LogP contribution in [0.3, 0.4) is 0 Å². The summed E-state index contributed by atoms with van der Waals surface area (Å²) < 4.78 is 0. The Labute approximate surface area is 149 Å². The van der Waals surface area contributed by atoms with Gasteiger partial charge in [0.15, 0.2) is 0 Å². The van der Waals surface area contributed by atoms with E-state index in [1.165, 1.54) is 5.56 Å². The Morgan fingerprint density at radius 1 is 1.16 bits per heavy atom. The minimum absolute atomic E-state index is 0.0661. The Hall–Kier alpha value is -2.33. The number of nitrogens with one attached hydrogen (secondary N) is 2. The molecule has 4 nitrogen and oxygen atoms in total. The van der Waals surface area contributed by atoms with Gasteiger partial charge in [-0.2, -0.15) is 0 Å². The van der Waals surface area contributed by atoms with Gasteiger partial charge in [-0.25, -0.2) is 0 Å². The van der Waals surface area contributed by atoms with Gasteiger partial charge in [0.05, 0.1) is 0 Å². The van der Waals surface area contributed by atoms with Gasteiger partial charge < -0.3 is 15.7 Å². The molecule has 0 saturated carbocycles. The fourth-order valence-electron chi connectivity index (χ4n) is 3.48. The maximum atomic E-state index is 12.6. The topological polar surface area (TPSA) is 61.4 Å². The quantitative estimate of drug-likeness (QED) is 0.758. The standard InChI is InChI=1S/C21H26N2O2/c24-19-11-9-17(10-12-19)21(25)23-20(18-7-4-14-22-15-18)13-8-16-5-2-1-3-6-16/h1-3,5-6,9-12,18,20,22,24H,4,7-8,13-15H2,(H,23,25). The SMILES string of the molecule is O=C(NC(CCc1ccccc1)C1CCCNC1)c1ccc(O)cc1. The van der Waals surface area contributed by atoms with Crippen molar-refractivity contribution >= 4 is 5.91 Å². The molecule has 0 radical (unpaired) electrons. The van der Waals surface area contributed by atoms with E-state index in [1.807, 2.05) is 6.07 Å². The molecule has 1 fully saturated rings. The summed E-state index contributed by atoms with van der Waals surface area (Å²) in [6.45, 7) is 2.02. The van der Waals surface area contributed by atoms with E-state index in [4.69, 9.17) is 0 Å². The molecular weight excluding hydrogens is 312 g/mol. The first-order chi connectivity index (χ1) is 12.2. The van der Waals surface area contributed by atoms with E-state index in [0.29, 0.717) is 11.5 Å². The van der Waals surface area contributed by atoms with Crippen molar-refractivity contribution in [1.29, 1.82) is 0 Å². The highest BCUT2D eigenvalue weighted by Crippen LogP contribution is 2.20. The number of phenolic OH excluding ortho intramolecular Hbond substituents is 1. The van der Waals surface area contributed by atoms with Crippen LogP contribution in [0.4, 0.5) is 0 Å². The zero-order chi connectivity index (χ0) is 17.5. The van der Waals surface area contributed by atoms with Crippen molar-refractivity contribution < 1.29 is 9.90 Å². The molecule has 1 amide bonds. The average molecular weight is 338 g/mol. The number of aryl methyl sites for hydroxylation is 1. The molecule has 132 valence electrons. The number of phenols is 1. The lowest BCUT2D eigenvalue weighted by atomic mass is 9.87. The van der Waals surface area contributed by atoms with E-state index in [0.717, 1.165) is 38.8 Å². The molecule has 1 heterocycles. The van der Waals surface area contributed by atoms with Crippen LogP contribution in [0, 0.1) is 5.92 Å². The van der Waals surface area contributed by atoms with Crippen LogP contribution in [-0.2, 0) is 6.42 Å². The summed E-state index contributed by atoms with van der Waals surface area (Å²) in [7, 11) is 0. The van der Waals surface area contributed by atoms with E-state index < -0.39 is 0 Å². The number of hydrogen-bond acceptors (Lipinski definition) is 3. The second-order valence-corrected chi connectivity index (χ2v) is 6.76. The molecule has 2 atom stereocenters. The molecule has 25 heavy (non-hydrogen) atoms. The third kappa shape index (κ3) is 5.07. The van der Waals surface area contributed by atoms with Crippen molar-refractivity contribution in [1.82, 2.24) is 10.6 Å². The molecule has 0 spiro atoms. The van der Waals surface area contributed by atoms with Crippen molar-refractivity contribution in [2.24, 2.45) is 5.92 Å². The summed E-state index contributed by atoms with van der Waals surface area (Å²) in [5, 5.41) is 16.1. The molecule has 3 rings (SSSR count). The first-order valence-corrected chi connectivity index (χ1v) is 9.07. The van der Waals surface area contributed by atoms with Crippen LogP contribution in [0.15, 0.2) is 54.6 Å². The fraction of sp³-hybridized carbons (Fsp3) is 0.381. The Morgan fingerprint density at radius 2 is 1.92 bits per heavy atom. The fourth-order valence-corrected chi connectivity index (χ4v) is 3.48. The van der Waals surface area contributed by atoms with Crippen LogP contribution < -0.4 is 10.6 Å². The monoisotopic (exact) mass is 338 g/mol. The summed E-state index contributed by atoms with van der Waals surface area (Å²) in [6, 6.07) is 17.0. The van der Waals surface area contributed by atoms with Gasteiger partial charge in [-0.05, 0) is 74.5 Å². The first kappa shape index (κ1) is 17.5. The molecule has 2 unspecified atom stereocenters. The minimum atomic E-state index is -0.0661. The van der Waals surface area contributed by atoms with Gasteiger partial charge >= 0.3 is 0 Å². The molecule has 1 aliphatic rings.